The average Bonchev–Trinajstić information content (AvgIpc) is 2.68. The number of rotatable bonds is 6. The maximum atomic E-state index is 10.2. The van der Waals surface area contributed by atoms with Crippen molar-refractivity contribution in [2.75, 3.05) is 38.0 Å². The van der Waals surface area contributed by atoms with Gasteiger partial charge in [0.2, 0.25) is 0 Å². The molecule has 1 fully saturated rings. The maximum Gasteiger partial charge on any atom is 0.189 e. The molecule has 6 heteroatoms. The van der Waals surface area contributed by atoms with Crippen LogP contribution in [0.1, 0.15) is 18.4 Å². The van der Waals surface area contributed by atoms with Crippen molar-refractivity contribution in [1.82, 2.24) is 9.97 Å². The minimum absolute atomic E-state index is 0.158. The summed E-state index contributed by atoms with van der Waals surface area (Å²) in [7, 11) is 1.68. The van der Waals surface area contributed by atoms with Crippen molar-refractivity contribution in [3.63, 3.8) is 0 Å². The third-order valence-electron chi connectivity index (χ3n) is 4.84. The van der Waals surface area contributed by atoms with Gasteiger partial charge >= 0.3 is 0 Å². The molecule has 2 aromatic rings. The molecule has 1 aliphatic rings. The Balaban J connectivity index is 1.80. The van der Waals surface area contributed by atoms with Crippen LogP contribution in [0.4, 0.5) is 5.82 Å². The highest BCUT2D eigenvalue weighted by Gasteiger charge is 2.35. The predicted molar refractivity (Wildman–Crippen MR) is 101 cm³/mol. The Labute approximate surface area is 153 Å². The lowest BCUT2D eigenvalue weighted by Gasteiger charge is -2.42. The number of benzene rings is 1. The summed E-state index contributed by atoms with van der Waals surface area (Å²) >= 11 is 1.55. The van der Waals surface area contributed by atoms with E-state index < -0.39 is 0 Å². The summed E-state index contributed by atoms with van der Waals surface area (Å²) in [5.41, 5.74) is 1.04. The Morgan fingerprint density at radius 2 is 2.24 bits per heavy atom. The summed E-state index contributed by atoms with van der Waals surface area (Å²) in [5, 5.41) is 11.0. The highest BCUT2D eigenvalue weighted by atomic mass is 32.2. The van der Waals surface area contributed by atoms with Gasteiger partial charge in [-0.1, -0.05) is 23.9 Å². The molecule has 0 saturated carbocycles. The molecule has 3 rings (SSSR count). The lowest BCUT2D eigenvalue weighted by molar-refractivity contribution is 0.105. The molecule has 0 radical (unpaired) electrons. The fourth-order valence-electron chi connectivity index (χ4n) is 3.55. The second-order valence-corrected chi connectivity index (χ2v) is 7.39. The van der Waals surface area contributed by atoms with E-state index in [-0.39, 0.29) is 12.0 Å². The van der Waals surface area contributed by atoms with Gasteiger partial charge in [-0.25, -0.2) is 9.97 Å². The van der Waals surface area contributed by atoms with Gasteiger partial charge in [0.1, 0.15) is 11.6 Å². The molecule has 0 spiro atoms. The van der Waals surface area contributed by atoms with Crippen LogP contribution in [0.15, 0.2) is 41.7 Å². The van der Waals surface area contributed by atoms with Crippen LogP contribution >= 0.6 is 11.8 Å². The van der Waals surface area contributed by atoms with Gasteiger partial charge in [-0.05, 0) is 49.3 Å². The Hall–Kier alpha value is -1.79. The first-order valence-corrected chi connectivity index (χ1v) is 9.76. The number of piperidine rings is 1. The number of aliphatic hydroxyl groups is 1. The summed E-state index contributed by atoms with van der Waals surface area (Å²) in [5.74, 6) is 1.81. The number of methoxy groups -OCH3 is 1. The van der Waals surface area contributed by atoms with Gasteiger partial charge in [-0.15, -0.1) is 0 Å². The number of thioether (sulfide) groups is 1. The zero-order valence-electron chi connectivity index (χ0n) is 14.8. The number of ether oxygens (including phenoxy) is 1. The fourth-order valence-corrected chi connectivity index (χ4v) is 3.91. The maximum absolute atomic E-state index is 10.2. The molecule has 2 heterocycles. The third kappa shape index (κ3) is 4.25. The standard InChI is InChI=1S/C19H25N3O2S/c1-24-16-6-3-5-15(11-16)12-19(14-23)8-4-10-22(13-19)17-7-9-20-18(21-17)25-2/h3,5-7,9,11,23H,4,8,10,12-14H2,1-2H3. The van der Waals surface area contributed by atoms with Crippen LogP contribution < -0.4 is 9.64 Å². The first kappa shape index (κ1) is 18.0. The molecule has 1 aromatic carbocycles. The van der Waals surface area contributed by atoms with Crippen LogP contribution in [-0.2, 0) is 6.42 Å². The largest absolute Gasteiger partial charge is 0.497 e. The van der Waals surface area contributed by atoms with Gasteiger partial charge < -0.3 is 14.7 Å². The SMILES string of the molecule is COc1cccc(CC2(CO)CCCN(c3ccnc(SC)n3)C2)c1. The monoisotopic (exact) mass is 359 g/mol. The van der Waals surface area contributed by atoms with E-state index >= 15 is 0 Å². The van der Waals surface area contributed by atoms with Crippen LogP contribution in [0.3, 0.4) is 0 Å². The van der Waals surface area contributed by atoms with Crippen LogP contribution in [0.5, 0.6) is 5.75 Å². The van der Waals surface area contributed by atoms with E-state index in [4.69, 9.17) is 4.74 Å². The predicted octanol–water partition coefficient (Wildman–Crippen LogP) is 3.03. The number of nitrogens with zero attached hydrogens (tertiary/aromatic N) is 3. The van der Waals surface area contributed by atoms with Crippen LogP contribution in [0.2, 0.25) is 0 Å². The summed E-state index contributed by atoms with van der Waals surface area (Å²) in [6, 6.07) is 10.1. The lowest BCUT2D eigenvalue weighted by atomic mass is 9.75. The van der Waals surface area contributed by atoms with Gasteiger partial charge in [0.25, 0.3) is 0 Å². The molecular weight excluding hydrogens is 334 g/mol. The Morgan fingerprint density at radius 3 is 3.00 bits per heavy atom. The molecule has 0 aliphatic carbocycles. The number of anilines is 1. The van der Waals surface area contributed by atoms with E-state index in [2.05, 4.69) is 27.0 Å². The van der Waals surface area contributed by atoms with Gasteiger partial charge in [-0.2, -0.15) is 0 Å². The van der Waals surface area contributed by atoms with E-state index in [1.807, 2.05) is 30.7 Å². The third-order valence-corrected chi connectivity index (χ3v) is 5.40. The first-order valence-electron chi connectivity index (χ1n) is 8.54. The Morgan fingerprint density at radius 1 is 1.36 bits per heavy atom. The van der Waals surface area contributed by atoms with Gasteiger partial charge in [0.15, 0.2) is 5.16 Å². The van der Waals surface area contributed by atoms with Crippen molar-refractivity contribution >= 4 is 17.6 Å². The molecular formula is C19H25N3O2S. The highest BCUT2D eigenvalue weighted by Crippen LogP contribution is 2.35. The van der Waals surface area contributed by atoms with E-state index in [9.17, 15) is 5.11 Å². The number of hydrogen-bond acceptors (Lipinski definition) is 6. The summed E-state index contributed by atoms with van der Waals surface area (Å²) in [6.07, 6.45) is 6.68. The summed E-state index contributed by atoms with van der Waals surface area (Å²) < 4.78 is 5.33. The highest BCUT2D eigenvalue weighted by molar-refractivity contribution is 7.98. The zero-order chi connectivity index (χ0) is 17.7. The zero-order valence-corrected chi connectivity index (χ0v) is 15.6. The second kappa shape index (κ2) is 8.06. The van der Waals surface area contributed by atoms with E-state index in [0.29, 0.717) is 0 Å². The molecule has 1 aliphatic heterocycles. The fraction of sp³-hybridized carbons (Fsp3) is 0.474. The van der Waals surface area contributed by atoms with Crippen molar-refractivity contribution < 1.29 is 9.84 Å². The first-order chi connectivity index (χ1) is 12.2. The van der Waals surface area contributed by atoms with E-state index in [1.165, 1.54) is 5.56 Å². The second-order valence-electron chi connectivity index (χ2n) is 6.61. The molecule has 1 saturated heterocycles. The molecule has 5 nitrogen and oxygen atoms in total. The molecule has 134 valence electrons. The van der Waals surface area contributed by atoms with Crippen molar-refractivity contribution in [3.05, 3.63) is 42.1 Å². The van der Waals surface area contributed by atoms with Gasteiger partial charge in [0, 0.05) is 24.7 Å². The quantitative estimate of drug-likeness (QED) is 0.632. The van der Waals surface area contributed by atoms with E-state index in [1.54, 1.807) is 18.9 Å². The minimum Gasteiger partial charge on any atom is -0.497 e. The number of aromatic nitrogens is 2. The Kier molecular flexibility index (Phi) is 5.81. The van der Waals surface area contributed by atoms with Gasteiger partial charge in [-0.3, -0.25) is 0 Å². The van der Waals surface area contributed by atoms with Crippen molar-refractivity contribution in [3.8, 4) is 5.75 Å². The molecule has 0 amide bonds. The normalized spacial score (nSPS) is 20.5. The number of hydrogen-bond donors (Lipinski definition) is 1. The minimum atomic E-state index is -0.158. The van der Waals surface area contributed by atoms with Gasteiger partial charge in [0.05, 0.1) is 13.7 Å². The molecule has 1 aromatic heterocycles. The summed E-state index contributed by atoms with van der Waals surface area (Å²) in [4.78, 5) is 11.2. The van der Waals surface area contributed by atoms with E-state index in [0.717, 1.165) is 49.1 Å². The van der Waals surface area contributed by atoms with Crippen LogP contribution in [-0.4, -0.2) is 48.1 Å². The van der Waals surface area contributed by atoms with Crippen molar-refractivity contribution in [2.24, 2.45) is 5.41 Å². The molecule has 1 unspecified atom stereocenters. The number of aliphatic hydroxyl groups excluding tert-OH is 1. The average molecular weight is 359 g/mol. The van der Waals surface area contributed by atoms with Crippen LogP contribution in [0.25, 0.3) is 0 Å². The Bertz CT molecular complexity index is 713. The topological polar surface area (TPSA) is 58.5 Å². The van der Waals surface area contributed by atoms with Crippen LogP contribution in [0, 0.1) is 5.41 Å². The molecule has 25 heavy (non-hydrogen) atoms. The van der Waals surface area contributed by atoms with Crippen molar-refractivity contribution in [1.29, 1.82) is 0 Å². The summed E-state index contributed by atoms with van der Waals surface area (Å²) in [6.45, 7) is 1.93. The smallest absolute Gasteiger partial charge is 0.189 e. The lowest BCUT2D eigenvalue weighted by Crippen LogP contribution is -2.47. The molecule has 1 N–H and O–H groups in total. The molecule has 1 atom stereocenters. The van der Waals surface area contributed by atoms with Crippen molar-refractivity contribution in [2.45, 2.75) is 24.4 Å². The molecule has 0 bridgehead atoms.